The average molecular weight is 205 g/mol. The molecule has 0 spiro atoms. The van der Waals surface area contributed by atoms with E-state index < -0.39 is 0 Å². The second kappa shape index (κ2) is 4.96. The van der Waals surface area contributed by atoms with E-state index in [-0.39, 0.29) is 5.91 Å². The molecule has 0 radical (unpaired) electrons. The van der Waals surface area contributed by atoms with Crippen molar-refractivity contribution < 1.29 is 4.79 Å². The lowest BCUT2D eigenvalue weighted by Gasteiger charge is -2.06. The Morgan fingerprint density at radius 2 is 2.00 bits per heavy atom. The first kappa shape index (κ1) is 11.8. The summed E-state index contributed by atoms with van der Waals surface area (Å²) in [5.74, 6) is 0.121. The van der Waals surface area contributed by atoms with Gasteiger partial charge in [0.2, 0.25) is 5.91 Å². The summed E-state index contributed by atoms with van der Waals surface area (Å²) in [4.78, 5) is 11.2. The molecule has 2 rings (SSSR count). The molecule has 0 fully saturated rings. The minimum Gasteiger partial charge on any atom is -0.325 e. The first-order chi connectivity index (χ1) is 7.20. The number of hydrogen-bond donors (Lipinski definition) is 1. The van der Waals surface area contributed by atoms with Crippen LogP contribution in [0.1, 0.15) is 37.5 Å². The Kier molecular flexibility index (Phi) is 3.89. The molecule has 1 heterocycles. The molecule has 15 heavy (non-hydrogen) atoms. The van der Waals surface area contributed by atoms with Crippen LogP contribution in [0.4, 0.5) is 5.69 Å². The summed E-state index contributed by atoms with van der Waals surface area (Å²) < 4.78 is 0. The summed E-state index contributed by atoms with van der Waals surface area (Å²) >= 11 is 0. The highest BCUT2D eigenvalue weighted by atomic mass is 16.1. The van der Waals surface area contributed by atoms with E-state index in [4.69, 9.17) is 0 Å². The van der Waals surface area contributed by atoms with Gasteiger partial charge in [-0.3, -0.25) is 4.79 Å². The van der Waals surface area contributed by atoms with Crippen LogP contribution in [0.15, 0.2) is 12.1 Å². The van der Waals surface area contributed by atoms with Gasteiger partial charge in [-0.05, 0) is 24.5 Å². The van der Waals surface area contributed by atoms with Gasteiger partial charge in [-0.25, -0.2) is 0 Å². The maximum Gasteiger partial charge on any atom is 0.228 e. The van der Waals surface area contributed by atoms with Gasteiger partial charge >= 0.3 is 0 Å². The third-order valence-corrected chi connectivity index (χ3v) is 2.44. The van der Waals surface area contributed by atoms with Gasteiger partial charge in [0.1, 0.15) is 0 Å². The van der Waals surface area contributed by atoms with E-state index in [9.17, 15) is 4.79 Å². The van der Waals surface area contributed by atoms with Gasteiger partial charge in [-0.1, -0.05) is 38.5 Å². The van der Waals surface area contributed by atoms with E-state index in [0.717, 1.165) is 17.7 Å². The summed E-state index contributed by atoms with van der Waals surface area (Å²) in [7, 11) is 0. The van der Waals surface area contributed by atoms with E-state index in [0.29, 0.717) is 6.42 Å². The van der Waals surface area contributed by atoms with Gasteiger partial charge in [0.25, 0.3) is 0 Å². The van der Waals surface area contributed by atoms with Crippen LogP contribution in [0, 0.1) is 6.92 Å². The van der Waals surface area contributed by atoms with Crippen LogP contribution in [-0.2, 0) is 17.6 Å². The number of amides is 1. The van der Waals surface area contributed by atoms with E-state index >= 15 is 0 Å². The maximum absolute atomic E-state index is 11.2. The first-order valence-electron chi connectivity index (χ1n) is 5.63. The molecule has 1 aliphatic heterocycles. The molecule has 1 aromatic rings. The Hall–Kier alpha value is -1.31. The van der Waals surface area contributed by atoms with Gasteiger partial charge < -0.3 is 5.32 Å². The Labute approximate surface area is 91.7 Å². The summed E-state index contributed by atoms with van der Waals surface area (Å²) in [5, 5.41) is 2.91. The Bertz CT molecular complexity index is 369. The highest BCUT2D eigenvalue weighted by molar-refractivity contribution is 6.00. The van der Waals surface area contributed by atoms with Gasteiger partial charge in [0, 0.05) is 5.69 Å². The lowest BCUT2D eigenvalue weighted by atomic mass is 10.0. The molecule has 1 aromatic carbocycles. The fraction of sp³-hybridized carbons (Fsp3) is 0.462. The molecule has 2 nitrogen and oxygen atoms in total. The number of fused-ring (bicyclic) bond motifs is 1. The highest BCUT2D eigenvalue weighted by Crippen LogP contribution is 2.28. The van der Waals surface area contributed by atoms with Crippen LogP contribution < -0.4 is 5.32 Å². The van der Waals surface area contributed by atoms with Crippen LogP contribution >= 0.6 is 0 Å². The zero-order chi connectivity index (χ0) is 11.4. The van der Waals surface area contributed by atoms with Crippen LogP contribution in [0.5, 0.6) is 0 Å². The van der Waals surface area contributed by atoms with Gasteiger partial charge in [0.15, 0.2) is 0 Å². The summed E-state index contributed by atoms with van der Waals surface area (Å²) in [6, 6.07) is 4.23. The van der Waals surface area contributed by atoms with Gasteiger partial charge in [-0.15, -0.1) is 0 Å². The van der Waals surface area contributed by atoms with E-state index in [1.165, 1.54) is 11.1 Å². The lowest BCUT2D eigenvalue weighted by molar-refractivity contribution is -0.115. The van der Waals surface area contributed by atoms with E-state index in [1.807, 2.05) is 13.8 Å². The normalized spacial score (nSPS) is 12.7. The van der Waals surface area contributed by atoms with E-state index in [2.05, 4.69) is 31.3 Å². The molecular weight excluding hydrogens is 186 g/mol. The number of anilines is 1. The summed E-state index contributed by atoms with van der Waals surface area (Å²) in [6.07, 6.45) is 1.52. The van der Waals surface area contributed by atoms with Crippen molar-refractivity contribution in [3.63, 3.8) is 0 Å². The minimum absolute atomic E-state index is 0.121. The summed E-state index contributed by atoms with van der Waals surface area (Å²) in [5.41, 5.74) is 4.70. The van der Waals surface area contributed by atoms with Crippen LogP contribution in [0.3, 0.4) is 0 Å². The molecule has 0 bridgehead atoms. The molecule has 0 aliphatic carbocycles. The predicted molar refractivity (Wildman–Crippen MR) is 64.2 cm³/mol. The second-order valence-electron chi connectivity index (χ2n) is 3.54. The standard InChI is InChI=1S/C11H13NO.C2H6/c1-3-8-4-7(2)5-9-6-10(13)12-11(8)9;1-2/h4-5H,3,6H2,1-2H3,(H,12,13);1-2H3. The number of rotatable bonds is 1. The maximum atomic E-state index is 11.2. The largest absolute Gasteiger partial charge is 0.325 e. The Balaban J connectivity index is 0.000000531. The number of benzene rings is 1. The third-order valence-electron chi connectivity index (χ3n) is 2.44. The number of nitrogens with one attached hydrogen (secondary N) is 1. The summed E-state index contributed by atoms with van der Waals surface area (Å²) in [6.45, 7) is 8.18. The molecule has 0 saturated heterocycles. The van der Waals surface area contributed by atoms with Crippen molar-refractivity contribution in [3.8, 4) is 0 Å². The van der Waals surface area contributed by atoms with Crippen molar-refractivity contribution in [2.75, 3.05) is 5.32 Å². The van der Waals surface area contributed by atoms with Gasteiger partial charge in [-0.2, -0.15) is 0 Å². The second-order valence-corrected chi connectivity index (χ2v) is 3.54. The molecule has 1 aliphatic rings. The molecule has 2 heteroatoms. The highest BCUT2D eigenvalue weighted by Gasteiger charge is 2.19. The minimum atomic E-state index is 0.121. The Morgan fingerprint density at radius 1 is 1.33 bits per heavy atom. The zero-order valence-corrected chi connectivity index (χ0v) is 9.98. The first-order valence-corrected chi connectivity index (χ1v) is 5.63. The molecule has 0 atom stereocenters. The van der Waals surface area contributed by atoms with E-state index in [1.54, 1.807) is 0 Å². The predicted octanol–water partition coefficient (Wildman–Crippen LogP) is 3.08. The molecule has 1 amide bonds. The molecule has 1 N–H and O–H groups in total. The van der Waals surface area contributed by atoms with Crippen molar-refractivity contribution in [1.82, 2.24) is 0 Å². The van der Waals surface area contributed by atoms with Crippen molar-refractivity contribution in [1.29, 1.82) is 0 Å². The monoisotopic (exact) mass is 205 g/mol. The van der Waals surface area contributed by atoms with Crippen molar-refractivity contribution in [2.24, 2.45) is 0 Å². The fourth-order valence-corrected chi connectivity index (χ4v) is 1.88. The molecule has 0 unspecified atom stereocenters. The molecule has 0 saturated carbocycles. The zero-order valence-electron chi connectivity index (χ0n) is 9.98. The number of carbonyl (C=O) groups is 1. The molecular formula is C13H19NO. The quantitative estimate of drug-likeness (QED) is 0.750. The Morgan fingerprint density at radius 3 is 2.60 bits per heavy atom. The fourth-order valence-electron chi connectivity index (χ4n) is 1.88. The molecule has 0 aromatic heterocycles. The van der Waals surface area contributed by atoms with Crippen molar-refractivity contribution >= 4 is 11.6 Å². The number of carbonyl (C=O) groups excluding carboxylic acids is 1. The van der Waals surface area contributed by atoms with Crippen molar-refractivity contribution in [2.45, 2.75) is 40.5 Å². The smallest absolute Gasteiger partial charge is 0.228 e. The number of aryl methyl sites for hydroxylation is 2. The van der Waals surface area contributed by atoms with Crippen LogP contribution in [-0.4, -0.2) is 5.91 Å². The van der Waals surface area contributed by atoms with Crippen LogP contribution in [0.25, 0.3) is 0 Å². The third kappa shape index (κ3) is 2.38. The molecule has 82 valence electrons. The van der Waals surface area contributed by atoms with Crippen LogP contribution in [0.2, 0.25) is 0 Å². The van der Waals surface area contributed by atoms with Crippen molar-refractivity contribution in [3.05, 3.63) is 28.8 Å². The lowest BCUT2D eigenvalue weighted by Crippen LogP contribution is -2.04. The average Bonchev–Trinajstić information content (AvgIpc) is 2.60. The topological polar surface area (TPSA) is 29.1 Å². The van der Waals surface area contributed by atoms with Gasteiger partial charge in [0.05, 0.1) is 6.42 Å². The number of hydrogen-bond acceptors (Lipinski definition) is 1. The SMILES string of the molecule is CC.CCc1cc(C)cc2c1NC(=O)C2.